The van der Waals surface area contributed by atoms with Crippen molar-refractivity contribution in [2.24, 2.45) is 0 Å². The van der Waals surface area contributed by atoms with Crippen molar-refractivity contribution in [2.75, 3.05) is 0 Å². The number of benzene rings is 3. The zero-order valence-electron chi connectivity index (χ0n) is 16.0. The third kappa shape index (κ3) is 5.09. The molecule has 0 heterocycles. The fourth-order valence-electron chi connectivity index (χ4n) is 3.05. The first-order chi connectivity index (χ1) is 13.9. The minimum absolute atomic E-state index is 0.0825. The van der Waals surface area contributed by atoms with Gasteiger partial charge in [-0.15, -0.1) is 0 Å². The van der Waals surface area contributed by atoms with E-state index in [9.17, 15) is 17.6 Å². The summed E-state index contributed by atoms with van der Waals surface area (Å²) in [4.78, 5) is 12.8. The van der Waals surface area contributed by atoms with Crippen LogP contribution in [0.3, 0.4) is 0 Å². The highest BCUT2D eigenvalue weighted by molar-refractivity contribution is 7.92. The van der Waals surface area contributed by atoms with Crippen LogP contribution in [0.2, 0.25) is 0 Å². The summed E-state index contributed by atoms with van der Waals surface area (Å²) in [6.07, 6.45) is 0.528. The number of sulfone groups is 1. The molecule has 2 unspecified atom stereocenters. The second kappa shape index (κ2) is 9.01. The Bertz CT molecular complexity index is 1050. The Hall–Kier alpha value is -2.99. The Morgan fingerprint density at radius 2 is 1.45 bits per heavy atom. The maximum Gasteiger partial charge on any atom is 0.238 e. The average Bonchev–Trinajstić information content (AvgIpc) is 2.74. The predicted molar refractivity (Wildman–Crippen MR) is 111 cm³/mol. The predicted octanol–water partition coefficient (Wildman–Crippen LogP) is 4.09. The molecule has 1 N–H and O–H groups in total. The van der Waals surface area contributed by atoms with Gasteiger partial charge in [-0.1, -0.05) is 60.7 Å². The van der Waals surface area contributed by atoms with Crippen molar-refractivity contribution in [3.8, 4) is 0 Å². The second-order valence-corrected chi connectivity index (χ2v) is 9.07. The molecule has 0 aliphatic carbocycles. The van der Waals surface area contributed by atoms with E-state index in [2.05, 4.69) is 5.32 Å². The van der Waals surface area contributed by atoms with E-state index in [0.717, 1.165) is 23.3 Å². The maximum atomic E-state index is 13.1. The number of carbonyl (C=O) groups is 1. The third-order valence-corrected chi connectivity index (χ3v) is 6.85. The average molecular weight is 411 g/mol. The van der Waals surface area contributed by atoms with E-state index in [1.807, 2.05) is 60.7 Å². The van der Waals surface area contributed by atoms with Crippen molar-refractivity contribution in [1.29, 1.82) is 0 Å². The quantitative estimate of drug-likeness (QED) is 0.596. The Morgan fingerprint density at radius 3 is 2.03 bits per heavy atom. The maximum absolute atomic E-state index is 13.1. The van der Waals surface area contributed by atoms with Crippen LogP contribution in [-0.2, 0) is 21.1 Å². The highest BCUT2D eigenvalue weighted by Crippen LogP contribution is 2.21. The van der Waals surface area contributed by atoms with Gasteiger partial charge in [0.25, 0.3) is 0 Å². The molecule has 29 heavy (non-hydrogen) atoms. The van der Waals surface area contributed by atoms with Crippen molar-refractivity contribution in [3.63, 3.8) is 0 Å². The van der Waals surface area contributed by atoms with E-state index < -0.39 is 26.8 Å². The van der Waals surface area contributed by atoms with Crippen LogP contribution in [0.4, 0.5) is 4.39 Å². The summed E-state index contributed by atoms with van der Waals surface area (Å²) in [6.45, 7) is 1.35. The minimum atomic E-state index is -3.93. The van der Waals surface area contributed by atoms with E-state index >= 15 is 0 Å². The first-order valence-corrected chi connectivity index (χ1v) is 10.8. The van der Waals surface area contributed by atoms with Crippen LogP contribution in [-0.4, -0.2) is 19.6 Å². The molecule has 0 aromatic heterocycles. The molecule has 0 fully saturated rings. The molecule has 0 spiro atoms. The topological polar surface area (TPSA) is 63.2 Å². The van der Waals surface area contributed by atoms with Crippen LogP contribution < -0.4 is 5.32 Å². The molecule has 0 bridgehead atoms. The Labute approximate surface area is 170 Å². The minimum Gasteiger partial charge on any atom is -0.348 e. The molecular weight excluding hydrogens is 389 g/mol. The number of nitrogens with one attached hydrogen (secondary N) is 1. The molecule has 0 saturated heterocycles. The molecule has 150 valence electrons. The summed E-state index contributed by atoms with van der Waals surface area (Å²) in [5.41, 5.74) is 1.91. The van der Waals surface area contributed by atoms with Crippen molar-refractivity contribution >= 4 is 15.7 Å². The largest absolute Gasteiger partial charge is 0.348 e. The number of rotatable bonds is 7. The van der Waals surface area contributed by atoms with Crippen molar-refractivity contribution in [3.05, 3.63) is 102 Å². The molecule has 0 saturated carbocycles. The number of hydrogen-bond donors (Lipinski definition) is 1. The van der Waals surface area contributed by atoms with Crippen LogP contribution in [0, 0.1) is 5.82 Å². The number of carbonyl (C=O) groups excluding carboxylic acids is 1. The SMILES string of the molecule is CC(C(=O)NC(Cc1ccccc1)c1ccccc1)S(=O)(=O)c1ccc(F)cc1. The smallest absolute Gasteiger partial charge is 0.238 e. The summed E-state index contributed by atoms with van der Waals surface area (Å²) >= 11 is 0. The van der Waals surface area contributed by atoms with Crippen LogP contribution in [0.25, 0.3) is 0 Å². The fraction of sp³-hybridized carbons (Fsp3) is 0.174. The highest BCUT2D eigenvalue weighted by atomic mass is 32.2. The van der Waals surface area contributed by atoms with E-state index in [1.54, 1.807) is 0 Å². The van der Waals surface area contributed by atoms with Gasteiger partial charge in [-0.3, -0.25) is 4.79 Å². The van der Waals surface area contributed by atoms with Gasteiger partial charge >= 0.3 is 0 Å². The van der Waals surface area contributed by atoms with Gasteiger partial charge in [-0.2, -0.15) is 0 Å². The molecule has 3 aromatic rings. The van der Waals surface area contributed by atoms with Crippen LogP contribution in [0.15, 0.2) is 89.8 Å². The van der Waals surface area contributed by atoms with E-state index in [1.165, 1.54) is 19.1 Å². The first-order valence-electron chi connectivity index (χ1n) is 9.26. The Morgan fingerprint density at radius 1 is 0.897 bits per heavy atom. The Balaban J connectivity index is 1.82. The molecule has 0 aliphatic heterocycles. The molecule has 0 radical (unpaired) electrons. The molecular formula is C23H22FNO3S. The summed E-state index contributed by atoms with van der Waals surface area (Å²) in [5.74, 6) is -1.13. The lowest BCUT2D eigenvalue weighted by Gasteiger charge is -2.22. The molecule has 6 heteroatoms. The molecule has 4 nitrogen and oxygen atoms in total. The van der Waals surface area contributed by atoms with Crippen LogP contribution in [0.5, 0.6) is 0 Å². The summed E-state index contributed by atoms with van der Waals surface area (Å²) in [5, 5.41) is 1.57. The lowest BCUT2D eigenvalue weighted by molar-refractivity contribution is -0.121. The van der Waals surface area contributed by atoms with Crippen LogP contribution in [0.1, 0.15) is 24.1 Å². The fourth-order valence-corrected chi connectivity index (χ4v) is 4.32. The third-order valence-electron chi connectivity index (χ3n) is 4.78. The summed E-state index contributed by atoms with van der Waals surface area (Å²) < 4.78 is 38.7. The normalized spacial score (nSPS) is 13.4. The van der Waals surface area contributed by atoms with Gasteiger partial charge in [0, 0.05) is 0 Å². The second-order valence-electron chi connectivity index (χ2n) is 6.80. The molecule has 3 aromatic carbocycles. The summed E-state index contributed by atoms with van der Waals surface area (Å²) in [7, 11) is -3.93. The van der Waals surface area contributed by atoms with Crippen LogP contribution >= 0.6 is 0 Å². The number of amides is 1. The van der Waals surface area contributed by atoms with Gasteiger partial charge in [0.05, 0.1) is 10.9 Å². The standard InChI is InChI=1S/C23H22FNO3S/c1-17(29(27,28)21-14-12-20(24)13-15-21)23(26)25-22(19-10-6-3-7-11-19)16-18-8-4-2-5-9-18/h2-15,17,22H,16H2,1H3,(H,25,26). The van der Waals surface area contributed by atoms with Gasteiger partial charge in [0.2, 0.25) is 5.91 Å². The zero-order valence-corrected chi connectivity index (χ0v) is 16.8. The summed E-state index contributed by atoms with van der Waals surface area (Å²) in [6, 6.07) is 23.2. The highest BCUT2D eigenvalue weighted by Gasteiger charge is 2.31. The zero-order chi connectivity index (χ0) is 20.9. The van der Waals surface area contributed by atoms with E-state index in [0.29, 0.717) is 6.42 Å². The molecule has 1 amide bonds. The Kier molecular flexibility index (Phi) is 6.44. The first kappa shape index (κ1) is 20.7. The van der Waals surface area contributed by atoms with Gasteiger partial charge in [0.1, 0.15) is 11.1 Å². The van der Waals surface area contributed by atoms with Crippen molar-refractivity contribution in [2.45, 2.75) is 29.5 Å². The monoisotopic (exact) mass is 411 g/mol. The lowest BCUT2D eigenvalue weighted by atomic mass is 9.99. The van der Waals surface area contributed by atoms with Crippen molar-refractivity contribution in [1.82, 2.24) is 5.32 Å². The lowest BCUT2D eigenvalue weighted by Crippen LogP contribution is -2.40. The van der Waals surface area contributed by atoms with Gasteiger partial charge in [-0.25, -0.2) is 12.8 Å². The number of halogens is 1. The van der Waals surface area contributed by atoms with E-state index in [-0.39, 0.29) is 10.9 Å². The van der Waals surface area contributed by atoms with Crippen molar-refractivity contribution < 1.29 is 17.6 Å². The number of hydrogen-bond acceptors (Lipinski definition) is 3. The van der Waals surface area contributed by atoms with E-state index in [4.69, 9.17) is 0 Å². The molecule has 2 atom stereocenters. The van der Waals surface area contributed by atoms with Gasteiger partial charge in [0.15, 0.2) is 9.84 Å². The van der Waals surface area contributed by atoms with Gasteiger partial charge < -0.3 is 5.32 Å². The molecule has 0 aliphatic rings. The van der Waals surface area contributed by atoms with Gasteiger partial charge in [-0.05, 0) is 48.7 Å². The molecule has 3 rings (SSSR count).